The highest BCUT2D eigenvalue weighted by Gasteiger charge is 2.41. The van der Waals surface area contributed by atoms with Crippen LogP contribution in [0.5, 0.6) is 5.75 Å². The summed E-state index contributed by atoms with van der Waals surface area (Å²) >= 11 is 13.3. The molecule has 5 N–H and O–H groups in total. The van der Waals surface area contributed by atoms with Gasteiger partial charge >= 0.3 is 0 Å². The van der Waals surface area contributed by atoms with Crippen LogP contribution in [0.1, 0.15) is 58.4 Å². The van der Waals surface area contributed by atoms with Crippen LogP contribution in [0.3, 0.4) is 0 Å². The number of ketones is 1. The molecule has 2 saturated heterocycles. The van der Waals surface area contributed by atoms with Crippen LogP contribution in [-0.4, -0.2) is 67.0 Å². The number of aryl methyl sites for hydroxylation is 2. The SMILES string of the molecule is Cc1cc(C)c2cccc(OCc3c(Cl)ccc(S(=O)(=O)N4CCC[C@H]4C(=O)NCC4CCNC(C(=O)c5ccc(C(=N)N)cc5)C4)c3Cl)c2n1. The van der Waals surface area contributed by atoms with Crippen molar-refractivity contribution in [2.24, 2.45) is 11.7 Å². The van der Waals surface area contributed by atoms with Crippen LogP contribution in [0, 0.1) is 25.2 Å². The molecule has 6 rings (SSSR count). The Kier molecular flexibility index (Phi) is 11.0. The lowest BCUT2D eigenvalue weighted by molar-refractivity contribution is -0.124. The van der Waals surface area contributed by atoms with Gasteiger partial charge in [0.25, 0.3) is 0 Å². The first-order chi connectivity index (χ1) is 24.3. The predicted octanol–water partition coefficient (Wildman–Crippen LogP) is 5.54. The fourth-order valence-electron chi connectivity index (χ4n) is 6.91. The number of nitrogen functional groups attached to an aromatic ring is 1. The molecular weight excluding hydrogens is 711 g/mol. The van der Waals surface area contributed by atoms with Gasteiger partial charge in [-0.05, 0) is 81.8 Å². The zero-order chi connectivity index (χ0) is 36.4. The number of Topliss-reactive ketones (excluding diaryl/α,β-unsaturated/α-hetero) is 1. The lowest BCUT2D eigenvalue weighted by Gasteiger charge is -2.30. The number of amides is 1. The average molecular weight is 752 g/mol. The summed E-state index contributed by atoms with van der Waals surface area (Å²) in [5.74, 6) is 0.00674. The van der Waals surface area contributed by atoms with E-state index in [2.05, 4.69) is 15.6 Å². The van der Waals surface area contributed by atoms with Crippen LogP contribution >= 0.6 is 23.2 Å². The first-order valence-corrected chi connectivity index (χ1v) is 19.0. The molecule has 4 aromatic rings. The lowest BCUT2D eigenvalue weighted by Crippen LogP contribution is -2.49. The Balaban J connectivity index is 1.12. The number of halogens is 2. The minimum Gasteiger partial charge on any atom is -0.487 e. The maximum absolute atomic E-state index is 14.1. The second-order valence-corrected chi connectivity index (χ2v) is 15.8. The Morgan fingerprint density at radius 2 is 1.82 bits per heavy atom. The third-order valence-corrected chi connectivity index (χ3v) is 12.5. The van der Waals surface area contributed by atoms with Gasteiger partial charge in [-0.2, -0.15) is 4.31 Å². The molecule has 2 aliphatic rings. The summed E-state index contributed by atoms with van der Waals surface area (Å²) in [6.45, 7) is 4.89. The smallest absolute Gasteiger partial charge is 0.245 e. The summed E-state index contributed by atoms with van der Waals surface area (Å²) in [7, 11) is -4.20. The molecule has 0 bridgehead atoms. The first kappa shape index (κ1) is 36.7. The molecule has 2 aliphatic heterocycles. The normalized spacial score (nSPS) is 19.6. The van der Waals surface area contributed by atoms with Gasteiger partial charge < -0.3 is 21.1 Å². The van der Waals surface area contributed by atoms with Crippen LogP contribution in [-0.2, 0) is 21.4 Å². The molecular formula is C37H40Cl2N6O5S. The van der Waals surface area contributed by atoms with E-state index in [1.165, 1.54) is 16.4 Å². The summed E-state index contributed by atoms with van der Waals surface area (Å²) < 4.78 is 35.5. The van der Waals surface area contributed by atoms with Crippen molar-refractivity contribution in [3.05, 3.63) is 98.7 Å². The van der Waals surface area contributed by atoms with Crippen LogP contribution in [0.25, 0.3) is 10.9 Å². The number of pyridine rings is 1. The molecule has 3 heterocycles. The van der Waals surface area contributed by atoms with Crippen LogP contribution in [0.4, 0.5) is 0 Å². The maximum Gasteiger partial charge on any atom is 0.245 e. The van der Waals surface area contributed by atoms with Crippen molar-refractivity contribution in [1.29, 1.82) is 5.41 Å². The number of hydrogen-bond donors (Lipinski definition) is 4. The van der Waals surface area contributed by atoms with Gasteiger partial charge in [0, 0.05) is 45.9 Å². The van der Waals surface area contributed by atoms with E-state index in [1.807, 2.05) is 32.0 Å². The number of fused-ring (bicyclic) bond motifs is 1. The molecule has 3 atom stereocenters. The molecule has 3 aromatic carbocycles. The van der Waals surface area contributed by atoms with Gasteiger partial charge in [0.15, 0.2) is 5.78 Å². The number of sulfonamides is 1. The number of nitrogens with two attached hydrogens (primary N) is 1. The van der Waals surface area contributed by atoms with Gasteiger partial charge in [-0.25, -0.2) is 13.4 Å². The summed E-state index contributed by atoms with van der Waals surface area (Å²) in [5, 5.41) is 14.9. The van der Waals surface area contributed by atoms with E-state index in [0.29, 0.717) is 60.3 Å². The molecule has 1 amide bonds. The third kappa shape index (κ3) is 7.75. The maximum atomic E-state index is 14.1. The van der Waals surface area contributed by atoms with Gasteiger partial charge in [-0.15, -0.1) is 0 Å². The van der Waals surface area contributed by atoms with Crippen molar-refractivity contribution in [3.8, 4) is 5.75 Å². The number of ether oxygens (including phenoxy) is 1. The van der Waals surface area contributed by atoms with E-state index in [0.717, 1.165) is 23.1 Å². The Bertz CT molecular complexity index is 2110. The van der Waals surface area contributed by atoms with Gasteiger partial charge in [0.2, 0.25) is 15.9 Å². The standard InChI is InChI=1S/C37H40Cl2N6O5S/c1-21-17-22(2)44-34-26(21)5-3-7-31(34)50-20-27-28(38)12-13-32(33(27)39)51(48,49)45-16-4-6-30(45)37(47)43-19-23-14-15-42-29(18-23)35(46)24-8-10-25(11-9-24)36(40)41/h3,5,7-13,17,23,29-30,42H,4,6,14-16,18-20H2,1-2H3,(H3,40,41)(H,43,47)/t23?,29?,30-/m0/s1. The van der Waals surface area contributed by atoms with E-state index < -0.39 is 22.1 Å². The number of carbonyl (C=O) groups excluding carboxylic acids is 2. The molecule has 2 fully saturated rings. The Morgan fingerprint density at radius 1 is 1.08 bits per heavy atom. The number of nitrogens with zero attached hydrogens (tertiary/aromatic N) is 2. The molecule has 268 valence electrons. The average Bonchev–Trinajstić information content (AvgIpc) is 3.62. The number of carbonyl (C=O) groups is 2. The number of piperidine rings is 1. The molecule has 0 radical (unpaired) electrons. The van der Waals surface area contributed by atoms with Crippen molar-refractivity contribution < 1.29 is 22.7 Å². The molecule has 11 nitrogen and oxygen atoms in total. The number of amidine groups is 1. The monoisotopic (exact) mass is 750 g/mol. The zero-order valence-corrected chi connectivity index (χ0v) is 30.7. The van der Waals surface area contributed by atoms with Crippen molar-refractivity contribution in [1.82, 2.24) is 19.9 Å². The number of benzene rings is 3. The summed E-state index contributed by atoms with van der Waals surface area (Å²) in [4.78, 5) is 31.2. The highest BCUT2D eigenvalue weighted by molar-refractivity contribution is 7.89. The second-order valence-electron chi connectivity index (χ2n) is 13.1. The van der Waals surface area contributed by atoms with E-state index in [-0.39, 0.29) is 51.5 Å². The lowest BCUT2D eigenvalue weighted by atomic mass is 9.88. The van der Waals surface area contributed by atoms with Gasteiger partial charge in [-0.3, -0.25) is 15.0 Å². The van der Waals surface area contributed by atoms with E-state index in [4.69, 9.17) is 39.1 Å². The van der Waals surface area contributed by atoms with Crippen LogP contribution in [0.15, 0.2) is 65.6 Å². The molecule has 0 aliphatic carbocycles. The minimum absolute atomic E-state index is 0.0186. The Morgan fingerprint density at radius 3 is 2.57 bits per heavy atom. The van der Waals surface area contributed by atoms with Gasteiger partial charge in [-0.1, -0.05) is 59.6 Å². The highest BCUT2D eigenvalue weighted by atomic mass is 35.5. The largest absolute Gasteiger partial charge is 0.487 e. The molecule has 0 saturated carbocycles. The quantitative estimate of drug-likeness (QED) is 0.0881. The van der Waals surface area contributed by atoms with Crippen molar-refractivity contribution in [2.75, 3.05) is 19.6 Å². The Hall–Kier alpha value is -4.07. The molecule has 1 aromatic heterocycles. The number of nitrogens with one attached hydrogen (secondary N) is 3. The fraction of sp³-hybridized carbons (Fsp3) is 0.351. The van der Waals surface area contributed by atoms with E-state index >= 15 is 0 Å². The fourth-order valence-corrected chi connectivity index (χ4v) is 9.43. The second kappa shape index (κ2) is 15.3. The molecule has 2 unspecified atom stereocenters. The topological polar surface area (TPSA) is 168 Å². The molecule has 14 heteroatoms. The molecule has 51 heavy (non-hydrogen) atoms. The predicted molar refractivity (Wildman–Crippen MR) is 198 cm³/mol. The summed E-state index contributed by atoms with van der Waals surface area (Å²) in [5.41, 5.74) is 9.48. The third-order valence-electron chi connectivity index (χ3n) is 9.63. The summed E-state index contributed by atoms with van der Waals surface area (Å²) in [6, 6.07) is 15.7. The Labute approximate surface area is 307 Å². The number of aromatic nitrogens is 1. The van der Waals surface area contributed by atoms with E-state index in [1.54, 1.807) is 30.3 Å². The molecule has 0 spiro atoms. The van der Waals surface area contributed by atoms with Crippen molar-refractivity contribution >= 4 is 61.7 Å². The number of rotatable bonds is 11. The highest BCUT2D eigenvalue weighted by Crippen LogP contribution is 2.37. The summed E-state index contributed by atoms with van der Waals surface area (Å²) in [6.07, 6.45) is 2.14. The van der Waals surface area contributed by atoms with E-state index in [9.17, 15) is 18.0 Å². The zero-order valence-electron chi connectivity index (χ0n) is 28.3. The van der Waals surface area contributed by atoms with Crippen LogP contribution in [0.2, 0.25) is 10.0 Å². The number of para-hydroxylation sites is 1. The minimum atomic E-state index is -4.20. The van der Waals surface area contributed by atoms with Gasteiger partial charge in [0.05, 0.1) is 11.1 Å². The van der Waals surface area contributed by atoms with Crippen molar-refractivity contribution in [3.63, 3.8) is 0 Å². The van der Waals surface area contributed by atoms with Crippen molar-refractivity contribution in [2.45, 2.75) is 63.1 Å². The number of hydrogen-bond acceptors (Lipinski definition) is 8. The first-order valence-electron chi connectivity index (χ1n) is 16.8. The van der Waals surface area contributed by atoms with Gasteiger partial charge in [0.1, 0.15) is 34.6 Å². The van der Waals surface area contributed by atoms with Crippen LogP contribution < -0.4 is 21.1 Å².